The van der Waals surface area contributed by atoms with E-state index in [9.17, 15) is 9.59 Å². The number of fused-ring (bicyclic) bond motifs is 1. The number of halogens is 1. The number of ether oxygens (including phenoxy) is 1. The van der Waals surface area contributed by atoms with Crippen molar-refractivity contribution in [1.29, 1.82) is 0 Å². The van der Waals surface area contributed by atoms with Crippen LogP contribution in [0.5, 0.6) is 5.75 Å². The lowest BCUT2D eigenvalue weighted by Gasteiger charge is -2.32. The first kappa shape index (κ1) is 31.8. The molecule has 1 fully saturated rings. The van der Waals surface area contributed by atoms with Crippen molar-refractivity contribution in [1.82, 2.24) is 39.5 Å². The Morgan fingerprint density at radius 3 is 2.65 bits per heavy atom. The van der Waals surface area contributed by atoms with Crippen molar-refractivity contribution < 1.29 is 14.3 Å². The Morgan fingerprint density at radius 1 is 1.06 bits per heavy atom. The van der Waals surface area contributed by atoms with Gasteiger partial charge in [0, 0.05) is 47.1 Å². The average molecular weight is 713 g/mol. The van der Waals surface area contributed by atoms with Gasteiger partial charge in [0.05, 0.1) is 43.9 Å². The molecule has 1 saturated heterocycles. The second kappa shape index (κ2) is 13.0. The Labute approximate surface area is 287 Å². The van der Waals surface area contributed by atoms with Gasteiger partial charge in [-0.3, -0.25) is 19.0 Å². The Balaban J connectivity index is 1.15. The Bertz CT molecular complexity index is 1980. The van der Waals surface area contributed by atoms with E-state index in [1.807, 2.05) is 80.9 Å². The minimum absolute atomic E-state index is 0.00659. The van der Waals surface area contributed by atoms with Gasteiger partial charge in [-0.1, -0.05) is 46.6 Å². The van der Waals surface area contributed by atoms with E-state index in [1.165, 1.54) is 0 Å². The average Bonchev–Trinajstić information content (AvgIpc) is 3.83. The van der Waals surface area contributed by atoms with Crippen LogP contribution in [0.4, 0.5) is 5.69 Å². The minimum atomic E-state index is -0.451. The van der Waals surface area contributed by atoms with Gasteiger partial charge in [-0.25, -0.2) is 4.68 Å². The zero-order chi connectivity index (χ0) is 33.5. The Kier molecular flexibility index (Phi) is 8.63. The number of aromatic nitrogens is 7. The smallest absolute Gasteiger partial charge is 0.258 e. The van der Waals surface area contributed by atoms with Gasteiger partial charge in [-0.15, -0.1) is 5.10 Å². The van der Waals surface area contributed by atoms with Crippen molar-refractivity contribution in [3.63, 3.8) is 0 Å². The highest BCUT2D eigenvalue weighted by Crippen LogP contribution is 2.35. The molecule has 0 saturated carbocycles. The van der Waals surface area contributed by atoms with Crippen LogP contribution >= 0.6 is 15.9 Å². The van der Waals surface area contributed by atoms with Gasteiger partial charge in [0.25, 0.3) is 11.8 Å². The van der Waals surface area contributed by atoms with Gasteiger partial charge in [0.15, 0.2) is 0 Å². The quantitative estimate of drug-likeness (QED) is 0.201. The Morgan fingerprint density at radius 2 is 1.88 bits per heavy atom. The fraction of sp³-hybridized carbons (Fsp3) is 0.371. The molecule has 5 heterocycles. The summed E-state index contributed by atoms with van der Waals surface area (Å²) in [4.78, 5) is 31.5. The number of carbonyl (C=O) groups excluding carboxylic acids is 2. The highest BCUT2D eigenvalue weighted by molar-refractivity contribution is 9.10. The van der Waals surface area contributed by atoms with Gasteiger partial charge in [-0.05, 0) is 62.1 Å². The molecule has 48 heavy (non-hydrogen) atoms. The summed E-state index contributed by atoms with van der Waals surface area (Å²) in [5, 5.41) is 18.4. The summed E-state index contributed by atoms with van der Waals surface area (Å²) in [5.41, 5.74) is 6.14. The lowest BCUT2D eigenvalue weighted by Crippen LogP contribution is -2.42. The number of nitrogens with zero attached hydrogens (tertiary/aromatic N) is 9. The molecule has 0 spiro atoms. The number of piperidine rings is 1. The molecule has 12 nitrogen and oxygen atoms in total. The summed E-state index contributed by atoms with van der Waals surface area (Å²) >= 11 is 3.47. The zero-order valence-corrected chi connectivity index (χ0v) is 29.1. The zero-order valence-electron chi connectivity index (χ0n) is 27.5. The Hall–Kier alpha value is -4.78. The molecule has 5 aromatic rings. The van der Waals surface area contributed by atoms with Crippen LogP contribution in [-0.2, 0) is 24.4 Å². The monoisotopic (exact) mass is 711 g/mol. The minimum Gasteiger partial charge on any atom is -0.496 e. The summed E-state index contributed by atoms with van der Waals surface area (Å²) < 4.78 is 12.1. The number of hydrogen-bond acceptors (Lipinski definition) is 7. The van der Waals surface area contributed by atoms with Crippen LogP contribution < -0.4 is 9.64 Å². The lowest BCUT2D eigenvalue weighted by molar-refractivity contribution is -0.123. The van der Waals surface area contributed by atoms with Crippen molar-refractivity contribution in [2.75, 3.05) is 25.1 Å². The fourth-order valence-corrected chi connectivity index (χ4v) is 6.85. The third-order valence-corrected chi connectivity index (χ3v) is 9.50. The fourth-order valence-electron chi connectivity index (χ4n) is 6.59. The molecule has 1 atom stereocenters. The van der Waals surface area contributed by atoms with E-state index >= 15 is 0 Å². The van der Waals surface area contributed by atoms with Crippen LogP contribution in [-0.4, -0.2) is 71.5 Å². The summed E-state index contributed by atoms with van der Waals surface area (Å²) in [6, 6.07) is 13.2. The largest absolute Gasteiger partial charge is 0.496 e. The highest BCUT2D eigenvalue weighted by atomic mass is 79.9. The summed E-state index contributed by atoms with van der Waals surface area (Å²) in [6.07, 6.45) is 6.99. The molecule has 13 heteroatoms. The number of rotatable bonds is 8. The molecular weight excluding hydrogens is 674 g/mol. The van der Waals surface area contributed by atoms with Crippen LogP contribution in [0.1, 0.15) is 54.3 Å². The SMILES string of the molecule is COc1ccc(C)cc1-c1nn(CC(C)C)cc1C(=O)N1CCn2ncc(-c3cn(C4CCCN(c5ccc(Br)cc5)C4=O)nn3)c2C1. The van der Waals surface area contributed by atoms with E-state index in [2.05, 4.69) is 45.2 Å². The maximum Gasteiger partial charge on any atom is 0.258 e. The standard InChI is InChI=1S/C35H38BrN9O3/c1-22(2)18-42-19-28(33(39-42)26-16-23(3)7-12-32(26)48-4)34(46)41-14-15-44-31(21-41)27(17-37-44)29-20-45(40-38-29)30-6-5-13-43(35(30)47)25-10-8-24(36)9-11-25/h7-12,16-17,19-20,22,30H,5-6,13-15,18,21H2,1-4H3. The molecule has 2 aliphatic heterocycles. The van der Waals surface area contributed by atoms with Crippen LogP contribution in [0, 0.1) is 12.8 Å². The molecule has 2 aromatic carbocycles. The van der Waals surface area contributed by atoms with Gasteiger partial charge in [0.2, 0.25) is 0 Å². The molecule has 2 aliphatic rings. The molecule has 0 N–H and O–H groups in total. The molecule has 0 radical (unpaired) electrons. The third kappa shape index (κ3) is 6.02. The van der Waals surface area contributed by atoms with E-state index in [1.54, 1.807) is 18.0 Å². The number of amides is 2. The summed E-state index contributed by atoms with van der Waals surface area (Å²) in [6.45, 7) is 9.01. The second-order valence-corrected chi connectivity index (χ2v) is 13.8. The first-order chi connectivity index (χ1) is 23.2. The normalized spacial score (nSPS) is 16.5. The number of anilines is 1. The van der Waals surface area contributed by atoms with Crippen LogP contribution in [0.25, 0.3) is 22.5 Å². The molecule has 1 unspecified atom stereocenters. The number of hydrogen-bond donors (Lipinski definition) is 0. The van der Waals surface area contributed by atoms with E-state index in [0.29, 0.717) is 67.8 Å². The predicted molar refractivity (Wildman–Crippen MR) is 185 cm³/mol. The van der Waals surface area contributed by atoms with Crippen LogP contribution in [0.3, 0.4) is 0 Å². The number of methoxy groups -OCH3 is 1. The topological polar surface area (TPSA) is 116 Å². The second-order valence-electron chi connectivity index (χ2n) is 12.9. The van der Waals surface area contributed by atoms with E-state index in [-0.39, 0.29) is 11.8 Å². The molecule has 3 aromatic heterocycles. The van der Waals surface area contributed by atoms with Crippen LogP contribution in [0.15, 0.2) is 65.5 Å². The van der Waals surface area contributed by atoms with E-state index in [4.69, 9.17) is 9.84 Å². The van der Waals surface area contributed by atoms with Crippen molar-refractivity contribution in [2.24, 2.45) is 5.92 Å². The summed E-state index contributed by atoms with van der Waals surface area (Å²) in [7, 11) is 1.63. The van der Waals surface area contributed by atoms with Crippen molar-refractivity contribution in [3.05, 3.63) is 82.3 Å². The predicted octanol–water partition coefficient (Wildman–Crippen LogP) is 5.76. The maximum atomic E-state index is 14.3. The van der Waals surface area contributed by atoms with Gasteiger partial charge < -0.3 is 14.5 Å². The molecule has 2 amide bonds. The number of carbonyl (C=O) groups is 2. The van der Waals surface area contributed by atoms with E-state index in [0.717, 1.165) is 39.0 Å². The maximum absolute atomic E-state index is 14.3. The molecule has 0 bridgehead atoms. The van der Waals surface area contributed by atoms with Gasteiger partial charge >= 0.3 is 0 Å². The molecule has 7 rings (SSSR count). The lowest BCUT2D eigenvalue weighted by atomic mass is 10.0. The molecule has 0 aliphatic carbocycles. The van der Waals surface area contributed by atoms with Crippen molar-refractivity contribution in [3.8, 4) is 28.3 Å². The van der Waals surface area contributed by atoms with Gasteiger partial charge in [-0.2, -0.15) is 10.2 Å². The molecular formula is C35H38BrN9O3. The highest BCUT2D eigenvalue weighted by Gasteiger charge is 2.33. The third-order valence-electron chi connectivity index (χ3n) is 8.97. The first-order valence-electron chi connectivity index (χ1n) is 16.3. The number of aryl methyl sites for hydroxylation is 1. The van der Waals surface area contributed by atoms with E-state index < -0.39 is 6.04 Å². The molecule has 248 valence electrons. The first-order valence-corrected chi connectivity index (χ1v) is 17.0. The summed E-state index contributed by atoms with van der Waals surface area (Å²) in [5.74, 6) is 0.912. The van der Waals surface area contributed by atoms with Crippen molar-refractivity contribution >= 4 is 33.4 Å². The number of benzene rings is 2. The van der Waals surface area contributed by atoms with Crippen LogP contribution in [0.2, 0.25) is 0 Å². The van der Waals surface area contributed by atoms with Gasteiger partial charge in [0.1, 0.15) is 23.2 Å². The van der Waals surface area contributed by atoms with Crippen molar-refractivity contribution in [2.45, 2.75) is 59.3 Å².